The molecule has 0 saturated carbocycles. The van der Waals surface area contributed by atoms with E-state index < -0.39 is 5.97 Å². The Morgan fingerprint density at radius 3 is 2.00 bits per heavy atom. The molecular formula is C15H32ClNO3. The standard InChI is InChI=1S/C13H27NO.C2H4O2.ClH/c1-3-5-7-13(15)8-11-14(12-9-13)10-6-4-2;1-2(3)4;/h15H,3-12H2,1-2H3;1H3,(H,3,4);1H. The Balaban J connectivity index is 0. The minimum absolute atomic E-state index is 0. The molecule has 1 aliphatic heterocycles. The van der Waals surface area contributed by atoms with Crippen LogP contribution in [0.4, 0.5) is 0 Å². The lowest BCUT2D eigenvalue weighted by Gasteiger charge is -2.38. The Morgan fingerprint density at radius 1 is 1.15 bits per heavy atom. The second-order valence-electron chi connectivity index (χ2n) is 5.54. The third-order valence-electron chi connectivity index (χ3n) is 3.61. The summed E-state index contributed by atoms with van der Waals surface area (Å²) in [7, 11) is 0. The maximum atomic E-state index is 10.3. The van der Waals surface area contributed by atoms with Crippen LogP contribution in [0.1, 0.15) is 65.7 Å². The van der Waals surface area contributed by atoms with Crippen molar-refractivity contribution >= 4 is 18.4 Å². The van der Waals surface area contributed by atoms with Crippen LogP contribution in [0.3, 0.4) is 0 Å². The first-order valence-corrected chi connectivity index (χ1v) is 7.57. The highest BCUT2D eigenvalue weighted by Crippen LogP contribution is 2.27. The molecule has 4 nitrogen and oxygen atoms in total. The third kappa shape index (κ3) is 11.5. The maximum absolute atomic E-state index is 10.3. The lowest BCUT2D eigenvalue weighted by atomic mass is 9.86. The Kier molecular flexibility index (Phi) is 13.6. The summed E-state index contributed by atoms with van der Waals surface area (Å²) in [6.45, 7) is 8.93. The van der Waals surface area contributed by atoms with E-state index in [1.54, 1.807) is 0 Å². The number of aliphatic hydroxyl groups is 1. The van der Waals surface area contributed by atoms with Gasteiger partial charge in [-0.1, -0.05) is 33.1 Å². The number of rotatable bonds is 6. The monoisotopic (exact) mass is 309 g/mol. The summed E-state index contributed by atoms with van der Waals surface area (Å²) in [6, 6.07) is 0. The van der Waals surface area contributed by atoms with Gasteiger partial charge < -0.3 is 15.1 Å². The fourth-order valence-electron chi connectivity index (χ4n) is 2.33. The Hall–Kier alpha value is -0.320. The number of hydrogen-bond donors (Lipinski definition) is 2. The van der Waals surface area contributed by atoms with Crippen LogP contribution in [0.25, 0.3) is 0 Å². The Morgan fingerprint density at radius 2 is 1.60 bits per heavy atom. The SMILES string of the molecule is CC(=O)O.CCCCN1CCC(O)(CCCC)CC1.Cl. The molecule has 1 fully saturated rings. The van der Waals surface area contributed by atoms with Gasteiger partial charge in [-0.05, 0) is 32.2 Å². The van der Waals surface area contributed by atoms with E-state index in [1.165, 1.54) is 32.2 Å². The zero-order chi connectivity index (χ0) is 14.7. The summed E-state index contributed by atoms with van der Waals surface area (Å²) in [5.41, 5.74) is -0.335. The third-order valence-corrected chi connectivity index (χ3v) is 3.61. The minimum Gasteiger partial charge on any atom is -0.481 e. The van der Waals surface area contributed by atoms with Crippen molar-refractivity contribution in [3.63, 3.8) is 0 Å². The van der Waals surface area contributed by atoms with Crippen molar-refractivity contribution in [2.45, 2.75) is 71.3 Å². The smallest absolute Gasteiger partial charge is 0.300 e. The van der Waals surface area contributed by atoms with Gasteiger partial charge >= 0.3 is 0 Å². The van der Waals surface area contributed by atoms with Crippen molar-refractivity contribution in [1.29, 1.82) is 0 Å². The quantitative estimate of drug-likeness (QED) is 0.790. The molecule has 0 aromatic heterocycles. The molecule has 5 heteroatoms. The number of hydrogen-bond acceptors (Lipinski definition) is 3. The highest BCUT2D eigenvalue weighted by Gasteiger charge is 2.30. The highest BCUT2D eigenvalue weighted by molar-refractivity contribution is 5.85. The lowest BCUT2D eigenvalue weighted by molar-refractivity contribution is -0.134. The molecule has 0 spiro atoms. The molecule has 0 aromatic rings. The number of nitrogens with zero attached hydrogens (tertiary/aromatic N) is 1. The Bertz CT molecular complexity index is 237. The average Bonchev–Trinajstić information content (AvgIpc) is 2.35. The van der Waals surface area contributed by atoms with E-state index in [-0.39, 0.29) is 18.0 Å². The molecule has 1 rings (SSSR count). The number of piperidine rings is 1. The lowest BCUT2D eigenvalue weighted by Crippen LogP contribution is -2.44. The minimum atomic E-state index is -0.833. The molecule has 122 valence electrons. The molecule has 1 saturated heterocycles. The molecule has 0 aromatic carbocycles. The fraction of sp³-hybridized carbons (Fsp3) is 0.933. The van der Waals surface area contributed by atoms with Crippen molar-refractivity contribution in [3.8, 4) is 0 Å². The van der Waals surface area contributed by atoms with Gasteiger partial charge in [-0.25, -0.2) is 0 Å². The van der Waals surface area contributed by atoms with Crippen LogP contribution in [0.2, 0.25) is 0 Å². The number of halogens is 1. The van der Waals surface area contributed by atoms with E-state index in [2.05, 4.69) is 18.7 Å². The Labute approximate surface area is 130 Å². The van der Waals surface area contributed by atoms with Gasteiger partial charge in [-0.2, -0.15) is 0 Å². The first-order valence-electron chi connectivity index (χ1n) is 7.57. The second-order valence-corrected chi connectivity index (χ2v) is 5.54. The van der Waals surface area contributed by atoms with Crippen molar-refractivity contribution in [3.05, 3.63) is 0 Å². The van der Waals surface area contributed by atoms with E-state index in [0.29, 0.717) is 0 Å². The van der Waals surface area contributed by atoms with Crippen molar-refractivity contribution in [2.24, 2.45) is 0 Å². The predicted molar refractivity (Wildman–Crippen MR) is 85.6 cm³/mol. The van der Waals surface area contributed by atoms with Crippen molar-refractivity contribution in [1.82, 2.24) is 4.90 Å². The van der Waals surface area contributed by atoms with E-state index in [1.807, 2.05) is 0 Å². The first kappa shape index (κ1) is 22.0. The van der Waals surface area contributed by atoms with E-state index in [4.69, 9.17) is 9.90 Å². The summed E-state index contributed by atoms with van der Waals surface area (Å²) < 4.78 is 0. The molecule has 0 radical (unpaired) electrons. The van der Waals surface area contributed by atoms with Gasteiger partial charge in [0.15, 0.2) is 0 Å². The van der Waals surface area contributed by atoms with Crippen LogP contribution in [-0.4, -0.2) is 46.3 Å². The molecule has 0 aliphatic carbocycles. The molecule has 20 heavy (non-hydrogen) atoms. The number of carbonyl (C=O) groups is 1. The molecule has 0 unspecified atom stereocenters. The van der Waals surface area contributed by atoms with Crippen LogP contribution in [0.5, 0.6) is 0 Å². The first-order chi connectivity index (χ1) is 8.93. The predicted octanol–water partition coefficient (Wildman–Crippen LogP) is 3.32. The molecule has 1 aliphatic rings. The van der Waals surface area contributed by atoms with Gasteiger partial charge in [0.05, 0.1) is 5.60 Å². The summed E-state index contributed by atoms with van der Waals surface area (Å²) in [5, 5.41) is 17.7. The van der Waals surface area contributed by atoms with Crippen LogP contribution in [0.15, 0.2) is 0 Å². The maximum Gasteiger partial charge on any atom is 0.300 e. The normalized spacial score (nSPS) is 17.6. The number of aliphatic carboxylic acids is 1. The number of carboxylic acids is 1. The molecule has 0 atom stereocenters. The van der Waals surface area contributed by atoms with E-state index in [9.17, 15) is 5.11 Å². The number of likely N-dealkylation sites (tertiary alicyclic amines) is 1. The summed E-state index contributed by atoms with van der Waals surface area (Å²) in [4.78, 5) is 11.5. The van der Waals surface area contributed by atoms with Crippen molar-refractivity contribution in [2.75, 3.05) is 19.6 Å². The van der Waals surface area contributed by atoms with Gasteiger partial charge in [-0.3, -0.25) is 4.79 Å². The molecule has 1 heterocycles. The molecule has 2 N–H and O–H groups in total. The van der Waals surface area contributed by atoms with E-state index >= 15 is 0 Å². The van der Waals surface area contributed by atoms with Gasteiger partial charge in [-0.15, -0.1) is 12.4 Å². The van der Waals surface area contributed by atoms with E-state index in [0.717, 1.165) is 39.3 Å². The second kappa shape index (κ2) is 12.4. The number of unbranched alkanes of at least 4 members (excludes halogenated alkanes) is 2. The zero-order valence-corrected chi connectivity index (χ0v) is 14.0. The fourth-order valence-corrected chi connectivity index (χ4v) is 2.33. The summed E-state index contributed by atoms with van der Waals surface area (Å²) >= 11 is 0. The average molecular weight is 310 g/mol. The molecule has 0 bridgehead atoms. The van der Waals surface area contributed by atoms with Crippen LogP contribution < -0.4 is 0 Å². The molecule has 0 amide bonds. The summed E-state index contributed by atoms with van der Waals surface area (Å²) in [6.07, 6.45) is 7.91. The van der Waals surface area contributed by atoms with Gasteiger partial charge in [0.2, 0.25) is 0 Å². The largest absolute Gasteiger partial charge is 0.481 e. The van der Waals surface area contributed by atoms with Gasteiger partial charge in [0, 0.05) is 20.0 Å². The van der Waals surface area contributed by atoms with Crippen LogP contribution >= 0.6 is 12.4 Å². The van der Waals surface area contributed by atoms with Gasteiger partial charge in [0.1, 0.15) is 0 Å². The van der Waals surface area contributed by atoms with Crippen molar-refractivity contribution < 1.29 is 15.0 Å². The van der Waals surface area contributed by atoms with Crippen LogP contribution in [0, 0.1) is 0 Å². The zero-order valence-electron chi connectivity index (χ0n) is 13.2. The van der Waals surface area contributed by atoms with Crippen LogP contribution in [-0.2, 0) is 4.79 Å². The number of carboxylic acid groups (broad SMARTS) is 1. The molecular weight excluding hydrogens is 278 g/mol. The summed E-state index contributed by atoms with van der Waals surface area (Å²) in [5.74, 6) is -0.833. The van der Waals surface area contributed by atoms with Gasteiger partial charge in [0.25, 0.3) is 5.97 Å². The highest BCUT2D eigenvalue weighted by atomic mass is 35.5. The topological polar surface area (TPSA) is 60.8 Å².